The zero-order valence-corrected chi connectivity index (χ0v) is 10.3. The van der Waals surface area contributed by atoms with Gasteiger partial charge in [-0.2, -0.15) is 0 Å². The molecule has 5 heteroatoms. The lowest BCUT2D eigenvalue weighted by molar-refractivity contribution is -0.141. The highest BCUT2D eigenvalue weighted by molar-refractivity contribution is 5.80. The van der Waals surface area contributed by atoms with Crippen LogP contribution in [0.4, 0.5) is 5.69 Å². The molecule has 1 unspecified atom stereocenters. The normalized spacial score (nSPS) is 11.9. The molecule has 18 heavy (non-hydrogen) atoms. The van der Waals surface area contributed by atoms with E-state index in [0.29, 0.717) is 0 Å². The van der Waals surface area contributed by atoms with Gasteiger partial charge in [-0.1, -0.05) is 18.2 Å². The average molecular weight is 245 g/mol. The van der Waals surface area contributed by atoms with Gasteiger partial charge in [0.2, 0.25) is 0 Å². The Kier molecular flexibility index (Phi) is 3.62. The molecule has 1 N–H and O–H groups in total. The zero-order chi connectivity index (χ0) is 13.0. The van der Waals surface area contributed by atoms with Gasteiger partial charge < -0.3 is 14.6 Å². The van der Waals surface area contributed by atoms with Crippen molar-refractivity contribution < 1.29 is 9.53 Å². The van der Waals surface area contributed by atoms with E-state index < -0.39 is 6.04 Å². The lowest BCUT2D eigenvalue weighted by atomic mass is 10.2. The summed E-state index contributed by atoms with van der Waals surface area (Å²) in [6.45, 7) is 0. The van der Waals surface area contributed by atoms with E-state index in [-0.39, 0.29) is 5.97 Å². The predicted octanol–water partition coefficient (Wildman–Crippen LogP) is 1.75. The monoisotopic (exact) mass is 245 g/mol. The van der Waals surface area contributed by atoms with Crippen molar-refractivity contribution in [3.8, 4) is 0 Å². The molecule has 0 spiro atoms. The fourth-order valence-corrected chi connectivity index (χ4v) is 1.72. The van der Waals surface area contributed by atoms with Gasteiger partial charge in [0, 0.05) is 12.7 Å². The summed E-state index contributed by atoms with van der Waals surface area (Å²) in [4.78, 5) is 15.9. The number of methoxy groups -OCH3 is 1. The zero-order valence-electron chi connectivity index (χ0n) is 10.3. The van der Waals surface area contributed by atoms with Gasteiger partial charge in [0.1, 0.15) is 0 Å². The smallest absolute Gasteiger partial charge is 0.334 e. The van der Waals surface area contributed by atoms with Crippen LogP contribution in [0.1, 0.15) is 11.7 Å². The number of esters is 1. The first kappa shape index (κ1) is 12.2. The molecule has 0 amide bonds. The molecule has 1 heterocycles. The number of rotatable bonds is 4. The molecule has 5 nitrogen and oxygen atoms in total. The SMILES string of the molecule is COC(=O)C(Nc1ccccc1)c1cncn1C. The molecule has 94 valence electrons. The predicted molar refractivity (Wildman–Crippen MR) is 68.0 cm³/mol. The van der Waals surface area contributed by atoms with Crippen molar-refractivity contribution in [1.82, 2.24) is 9.55 Å². The Labute approximate surface area is 105 Å². The Balaban J connectivity index is 2.27. The summed E-state index contributed by atoms with van der Waals surface area (Å²) >= 11 is 0. The number of carbonyl (C=O) groups excluding carboxylic acids is 1. The summed E-state index contributed by atoms with van der Waals surface area (Å²) in [5, 5.41) is 3.14. The highest BCUT2D eigenvalue weighted by Gasteiger charge is 2.23. The summed E-state index contributed by atoms with van der Waals surface area (Å²) in [6, 6.07) is 8.95. The Bertz CT molecular complexity index is 522. The topological polar surface area (TPSA) is 56.1 Å². The van der Waals surface area contributed by atoms with Crippen molar-refractivity contribution in [2.24, 2.45) is 7.05 Å². The van der Waals surface area contributed by atoms with Crippen LogP contribution in [0, 0.1) is 0 Å². The fourth-order valence-electron chi connectivity index (χ4n) is 1.72. The van der Waals surface area contributed by atoms with E-state index in [2.05, 4.69) is 10.3 Å². The van der Waals surface area contributed by atoms with Crippen LogP contribution in [0.2, 0.25) is 0 Å². The van der Waals surface area contributed by atoms with E-state index in [4.69, 9.17) is 4.74 Å². The second-order valence-corrected chi connectivity index (χ2v) is 3.90. The molecule has 0 bridgehead atoms. The highest BCUT2D eigenvalue weighted by atomic mass is 16.5. The molecule has 0 aliphatic heterocycles. The lowest BCUT2D eigenvalue weighted by Gasteiger charge is -2.17. The number of carbonyl (C=O) groups is 1. The average Bonchev–Trinajstić information content (AvgIpc) is 2.82. The molecule has 0 fully saturated rings. The van der Waals surface area contributed by atoms with Crippen molar-refractivity contribution >= 4 is 11.7 Å². The van der Waals surface area contributed by atoms with E-state index >= 15 is 0 Å². The second kappa shape index (κ2) is 5.35. The number of aromatic nitrogens is 2. The standard InChI is InChI=1S/C13H15N3O2/c1-16-9-14-8-11(16)12(13(17)18-2)15-10-6-4-3-5-7-10/h3-9,12,15H,1-2H3. The van der Waals surface area contributed by atoms with Crippen LogP contribution in [0.5, 0.6) is 0 Å². The number of anilines is 1. The van der Waals surface area contributed by atoms with Crippen molar-refractivity contribution in [2.75, 3.05) is 12.4 Å². The van der Waals surface area contributed by atoms with E-state index in [1.165, 1.54) is 7.11 Å². The molecule has 1 aromatic carbocycles. The first-order valence-electron chi connectivity index (χ1n) is 5.58. The molecular formula is C13H15N3O2. The highest BCUT2D eigenvalue weighted by Crippen LogP contribution is 2.19. The van der Waals surface area contributed by atoms with Crippen LogP contribution < -0.4 is 5.32 Å². The summed E-state index contributed by atoms with van der Waals surface area (Å²) in [5.74, 6) is -0.345. The van der Waals surface area contributed by atoms with Crippen molar-refractivity contribution in [1.29, 1.82) is 0 Å². The van der Waals surface area contributed by atoms with Gasteiger partial charge in [-0.3, -0.25) is 0 Å². The molecule has 2 aromatic rings. The number of aryl methyl sites for hydroxylation is 1. The minimum atomic E-state index is -0.565. The van der Waals surface area contributed by atoms with E-state index in [1.807, 2.05) is 37.4 Å². The van der Waals surface area contributed by atoms with Gasteiger partial charge in [0.25, 0.3) is 0 Å². The summed E-state index contributed by atoms with van der Waals surface area (Å²) in [6.07, 6.45) is 3.30. The van der Waals surface area contributed by atoms with Crippen LogP contribution in [0.3, 0.4) is 0 Å². The summed E-state index contributed by atoms with van der Waals surface area (Å²) in [5.41, 5.74) is 1.61. The van der Waals surface area contributed by atoms with Crippen molar-refractivity contribution in [3.05, 3.63) is 48.5 Å². The van der Waals surface area contributed by atoms with Crippen LogP contribution >= 0.6 is 0 Å². The number of ether oxygens (including phenoxy) is 1. The van der Waals surface area contributed by atoms with Gasteiger partial charge in [-0.15, -0.1) is 0 Å². The Morgan fingerprint density at radius 3 is 2.67 bits per heavy atom. The largest absolute Gasteiger partial charge is 0.467 e. The molecule has 1 aromatic heterocycles. The van der Waals surface area contributed by atoms with Gasteiger partial charge in [-0.25, -0.2) is 9.78 Å². The number of nitrogens with one attached hydrogen (secondary N) is 1. The third-order valence-electron chi connectivity index (χ3n) is 2.67. The third kappa shape index (κ3) is 2.51. The molecular weight excluding hydrogens is 230 g/mol. The minimum absolute atomic E-state index is 0.345. The molecule has 2 rings (SSSR count). The Morgan fingerprint density at radius 1 is 1.39 bits per heavy atom. The van der Waals surface area contributed by atoms with E-state index in [0.717, 1.165) is 11.4 Å². The quantitative estimate of drug-likeness (QED) is 0.834. The van der Waals surface area contributed by atoms with Gasteiger partial charge in [0.15, 0.2) is 6.04 Å². The Morgan fingerprint density at radius 2 is 2.11 bits per heavy atom. The van der Waals surface area contributed by atoms with Crippen LogP contribution in [0.15, 0.2) is 42.9 Å². The van der Waals surface area contributed by atoms with Gasteiger partial charge in [0.05, 0.1) is 25.3 Å². The number of hydrogen-bond donors (Lipinski definition) is 1. The molecule has 1 atom stereocenters. The molecule has 0 saturated heterocycles. The third-order valence-corrected chi connectivity index (χ3v) is 2.67. The van der Waals surface area contributed by atoms with Crippen LogP contribution in [-0.4, -0.2) is 22.6 Å². The van der Waals surface area contributed by atoms with Crippen molar-refractivity contribution in [3.63, 3.8) is 0 Å². The lowest BCUT2D eigenvalue weighted by Crippen LogP contribution is -2.24. The van der Waals surface area contributed by atoms with E-state index in [9.17, 15) is 4.79 Å². The minimum Gasteiger partial charge on any atom is -0.467 e. The number of para-hydroxylation sites is 1. The van der Waals surface area contributed by atoms with Crippen LogP contribution in [-0.2, 0) is 16.6 Å². The van der Waals surface area contributed by atoms with Crippen LogP contribution in [0.25, 0.3) is 0 Å². The maximum Gasteiger partial charge on any atom is 0.334 e. The fraction of sp³-hybridized carbons (Fsp3) is 0.231. The molecule has 0 saturated carbocycles. The Hall–Kier alpha value is -2.30. The van der Waals surface area contributed by atoms with Gasteiger partial charge >= 0.3 is 5.97 Å². The number of nitrogens with zero attached hydrogens (tertiary/aromatic N) is 2. The second-order valence-electron chi connectivity index (χ2n) is 3.90. The number of hydrogen-bond acceptors (Lipinski definition) is 4. The van der Waals surface area contributed by atoms with E-state index in [1.54, 1.807) is 17.1 Å². The molecule has 0 radical (unpaired) electrons. The summed E-state index contributed by atoms with van der Waals surface area (Å²) < 4.78 is 6.61. The first-order valence-corrected chi connectivity index (χ1v) is 5.58. The number of benzene rings is 1. The maximum absolute atomic E-state index is 11.8. The molecule has 0 aliphatic carbocycles. The van der Waals surface area contributed by atoms with Crippen molar-refractivity contribution in [2.45, 2.75) is 6.04 Å². The number of imidazole rings is 1. The first-order chi connectivity index (χ1) is 8.72. The molecule has 0 aliphatic rings. The van der Waals surface area contributed by atoms with Gasteiger partial charge in [-0.05, 0) is 12.1 Å². The maximum atomic E-state index is 11.8. The summed E-state index contributed by atoms with van der Waals surface area (Å²) in [7, 11) is 3.21.